The zero-order valence-corrected chi connectivity index (χ0v) is 14.5. The molecule has 0 spiro atoms. The fraction of sp³-hybridized carbons (Fsp3) is 0.400. The number of aryl methyl sites for hydroxylation is 2. The van der Waals surface area contributed by atoms with Gasteiger partial charge in [0.25, 0.3) is 5.91 Å². The fourth-order valence-electron chi connectivity index (χ4n) is 3.20. The van der Waals surface area contributed by atoms with Gasteiger partial charge in [0.1, 0.15) is 0 Å². The largest absolute Gasteiger partial charge is 0.370 e. The maximum absolute atomic E-state index is 12.6. The average Bonchev–Trinajstić information content (AvgIpc) is 2.87. The Hall–Kier alpha value is -2.36. The SMILES string of the molecule is Cc1ccc(NC(=O)c2cncc(N3CCCCCC3)c2)c(C)c1. The first kappa shape index (κ1) is 16.5. The van der Waals surface area contributed by atoms with Gasteiger partial charge in [-0.1, -0.05) is 30.5 Å². The van der Waals surface area contributed by atoms with Crippen LogP contribution in [0.4, 0.5) is 11.4 Å². The van der Waals surface area contributed by atoms with Gasteiger partial charge in [0.2, 0.25) is 0 Å². The average molecular weight is 323 g/mol. The van der Waals surface area contributed by atoms with E-state index in [0.29, 0.717) is 5.56 Å². The Labute approximate surface area is 143 Å². The van der Waals surface area contributed by atoms with E-state index in [2.05, 4.69) is 21.3 Å². The Morgan fingerprint density at radius 2 is 1.79 bits per heavy atom. The lowest BCUT2D eigenvalue weighted by Crippen LogP contribution is -2.24. The predicted octanol–water partition coefficient (Wildman–Crippen LogP) is 4.33. The van der Waals surface area contributed by atoms with Crippen molar-refractivity contribution < 1.29 is 4.79 Å². The Balaban J connectivity index is 1.76. The van der Waals surface area contributed by atoms with E-state index >= 15 is 0 Å². The van der Waals surface area contributed by atoms with Crippen molar-refractivity contribution in [2.24, 2.45) is 0 Å². The maximum atomic E-state index is 12.6. The lowest BCUT2D eigenvalue weighted by molar-refractivity contribution is 0.102. The van der Waals surface area contributed by atoms with Crippen LogP contribution in [-0.2, 0) is 0 Å². The summed E-state index contributed by atoms with van der Waals surface area (Å²) in [6.45, 7) is 6.15. The first-order valence-corrected chi connectivity index (χ1v) is 8.72. The van der Waals surface area contributed by atoms with Gasteiger partial charge >= 0.3 is 0 Å². The minimum Gasteiger partial charge on any atom is -0.370 e. The van der Waals surface area contributed by atoms with Gasteiger partial charge in [0.15, 0.2) is 0 Å². The van der Waals surface area contributed by atoms with Crippen molar-refractivity contribution in [3.8, 4) is 0 Å². The van der Waals surface area contributed by atoms with Gasteiger partial charge in [-0.05, 0) is 44.4 Å². The molecule has 2 heterocycles. The summed E-state index contributed by atoms with van der Waals surface area (Å²) in [6.07, 6.45) is 8.49. The van der Waals surface area contributed by atoms with Crippen LogP contribution < -0.4 is 10.2 Å². The van der Waals surface area contributed by atoms with E-state index in [1.165, 1.54) is 31.2 Å². The van der Waals surface area contributed by atoms with Crippen LogP contribution in [-0.4, -0.2) is 24.0 Å². The van der Waals surface area contributed by atoms with Gasteiger partial charge in [0, 0.05) is 25.0 Å². The predicted molar refractivity (Wildman–Crippen MR) is 98.8 cm³/mol. The molecule has 1 aliphatic heterocycles. The van der Waals surface area contributed by atoms with E-state index in [-0.39, 0.29) is 5.91 Å². The number of nitrogens with one attached hydrogen (secondary N) is 1. The Morgan fingerprint density at radius 1 is 1.04 bits per heavy atom. The summed E-state index contributed by atoms with van der Waals surface area (Å²) in [6, 6.07) is 7.99. The van der Waals surface area contributed by atoms with Crippen LogP contribution in [0.5, 0.6) is 0 Å². The van der Waals surface area contributed by atoms with E-state index in [1.807, 2.05) is 38.2 Å². The van der Waals surface area contributed by atoms with E-state index in [1.54, 1.807) is 6.20 Å². The highest BCUT2D eigenvalue weighted by Gasteiger charge is 2.14. The molecule has 0 atom stereocenters. The molecule has 4 heteroatoms. The number of hydrogen-bond acceptors (Lipinski definition) is 3. The molecule has 2 aromatic rings. The van der Waals surface area contributed by atoms with Crippen LogP contribution in [0.15, 0.2) is 36.7 Å². The van der Waals surface area contributed by atoms with Gasteiger partial charge in [0.05, 0.1) is 17.4 Å². The Kier molecular flexibility index (Phi) is 5.14. The second kappa shape index (κ2) is 7.47. The van der Waals surface area contributed by atoms with Crippen molar-refractivity contribution in [3.63, 3.8) is 0 Å². The van der Waals surface area contributed by atoms with Gasteiger partial charge < -0.3 is 10.2 Å². The Morgan fingerprint density at radius 3 is 2.50 bits per heavy atom. The number of rotatable bonds is 3. The van der Waals surface area contributed by atoms with Gasteiger partial charge in [-0.2, -0.15) is 0 Å². The number of anilines is 2. The highest BCUT2D eigenvalue weighted by molar-refractivity contribution is 6.05. The normalized spacial score (nSPS) is 15.0. The highest BCUT2D eigenvalue weighted by atomic mass is 16.1. The molecule has 24 heavy (non-hydrogen) atoms. The van der Waals surface area contributed by atoms with Crippen LogP contribution in [0.2, 0.25) is 0 Å². The quantitative estimate of drug-likeness (QED) is 0.914. The molecule has 1 aliphatic rings. The van der Waals surface area contributed by atoms with E-state index in [9.17, 15) is 4.79 Å². The number of pyridine rings is 1. The van der Waals surface area contributed by atoms with Crippen molar-refractivity contribution in [1.82, 2.24) is 4.98 Å². The molecule has 1 aromatic carbocycles. The zero-order chi connectivity index (χ0) is 16.9. The van der Waals surface area contributed by atoms with Gasteiger partial charge in [-0.15, -0.1) is 0 Å². The van der Waals surface area contributed by atoms with E-state index in [0.717, 1.165) is 30.0 Å². The molecule has 126 valence electrons. The van der Waals surface area contributed by atoms with Crippen molar-refractivity contribution in [1.29, 1.82) is 0 Å². The van der Waals surface area contributed by atoms with Crippen molar-refractivity contribution >= 4 is 17.3 Å². The first-order chi connectivity index (χ1) is 11.6. The number of amides is 1. The van der Waals surface area contributed by atoms with Crippen LogP contribution >= 0.6 is 0 Å². The fourth-order valence-corrected chi connectivity index (χ4v) is 3.20. The summed E-state index contributed by atoms with van der Waals surface area (Å²) in [4.78, 5) is 19.2. The monoisotopic (exact) mass is 323 g/mol. The third kappa shape index (κ3) is 3.94. The number of benzene rings is 1. The topological polar surface area (TPSA) is 45.2 Å². The minimum absolute atomic E-state index is 0.105. The third-order valence-corrected chi connectivity index (χ3v) is 4.59. The van der Waals surface area contributed by atoms with E-state index in [4.69, 9.17) is 0 Å². The van der Waals surface area contributed by atoms with Crippen molar-refractivity contribution in [2.45, 2.75) is 39.5 Å². The highest BCUT2D eigenvalue weighted by Crippen LogP contribution is 2.21. The molecular weight excluding hydrogens is 298 g/mol. The van der Waals surface area contributed by atoms with Gasteiger partial charge in [-0.3, -0.25) is 9.78 Å². The molecule has 0 bridgehead atoms. The van der Waals surface area contributed by atoms with Crippen molar-refractivity contribution in [2.75, 3.05) is 23.3 Å². The molecule has 0 aliphatic carbocycles. The summed E-state index contributed by atoms with van der Waals surface area (Å²) < 4.78 is 0. The second-order valence-electron chi connectivity index (χ2n) is 6.61. The molecule has 1 N–H and O–H groups in total. The van der Waals surface area contributed by atoms with Crippen LogP contribution in [0.3, 0.4) is 0 Å². The lowest BCUT2D eigenvalue weighted by atomic mass is 10.1. The summed E-state index contributed by atoms with van der Waals surface area (Å²) in [5.41, 5.74) is 4.77. The summed E-state index contributed by atoms with van der Waals surface area (Å²) in [5, 5.41) is 3.00. The lowest BCUT2D eigenvalue weighted by Gasteiger charge is -2.22. The minimum atomic E-state index is -0.105. The number of hydrogen-bond donors (Lipinski definition) is 1. The molecule has 1 amide bonds. The smallest absolute Gasteiger partial charge is 0.257 e. The molecule has 1 fully saturated rings. The number of carbonyl (C=O) groups excluding carboxylic acids is 1. The van der Waals surface area contributed by atoms with Crippen LogP contribution in [0, 0.1) is 13.8 Å². The van der Waals surface area contributed by atoms with Crippen molar-refractivity contribution in [3.05, 3.63) is 53.3 Å². The Bertz CT molecular complexity index is 719. The first-order valence-electron chi connectivity index (χ1n) is 8.72. The molecule has 1 saturated heterocycles. The third-order valence-electron chi connectivity index (χ3n) is 4.59. The molecule has 3 rings (SSSR count). The zero-order valence-electron chi connectivity index (χ0n) is 14.5. The second-order valence-corrected chi connectivity index (χ2v) is 6.61. The number of carbonyl (C=O) groups is 1. The van der Waals surface area contributed by atoms with Crippen LogP contribution in [0.1, 0.15) is 47.2 Å². The standard InChI is InChI=1S/C20H25N3O/c1-15-7-8-19(16(2)11-15)22-20(24)17-12-18(14-21-13-17)23-9-5-3-4-6-10-23/h7-8,11-14H,3-6,9-10H2,1-2H3,(H,22,24). The summed E-state index contributed by atoms with van der Waals surface area (Å²) in [5.74, 6) is -0.105. The molecule has 1 aromatic heterocycles. The van der Waals surface area contributed by atoms with Crippen LogP contribution in [0.25, 0.3) is 0 Å². The molecule has 0 radical (unpaired) electrons. The number of aromatic nitrogens is 1. The maximum Gasteiger partial charge on any atom is 0.257 e. The molecule has 0 unspecified atom stereocenters. The van der Waals surface area contributed by atoms with Gasteiger partial charge in [-0.25, -0.2) is 0 Å². The summed E-state index contributed by atoms with van der Waals surface area (Å²) in [7, 11) is 0. The number of nitrogens with zero attached hydrogens (tertiary/aromatic N) is 2. The molecule has 0 saturated carbocycles. The summed E-state index contributed by atoms with van der Waals surface area (Å²) >= 11 is 0. The van der Waals surface area contributed by atoms with E-state index < -0.39 is 0 Å². The molecular formula is C20H25N3O. The molecule has 4 nitrogen and oxygen atoms in total.